The monoisotopic (exact) mass is 154 g/mol. The largest absolute Gasteiger partial charge is 0.280 e. The fourth-order valence-corrected chi connectivity index (χ4v) is 0.611. The van der Waals surface area contributed by atoms with E-state index in [1.807, 2.05) is 0 Å². The van der Waals surface area contributed by atoms with E-state index in [1.165, 1.54) is 0 Å². The van der Waals surface area contributed by atoms with Crippen molar-refractivity contribution in [2.45, 2.75) is 45.2 Å². The minimum Gasteiger partial charge on any atom is -0.238 e. The van der Waals surface area contributed by atoms with E-state index in [0.29, 0.717) is 6.42 Å². The molecule has 0 aromatic rings. The quantitative estimate of drug-likeness (QED) is 0.585. The maximum Gasteiger partial charge on any atom is 0.280 e. The molecule has 0 aromatic carbocycles. The molecular formula is C7H13F3. The van der Waals surface area contributed by atoms with E-state index >= 15 is 0 Å². The van der Waals surface area contributed by atoms with E-state index in [1.54, 1.807) is 6.92 Å². The number of hydrogen-bond acceptors (Lipinski definition) is 0. The Hall–Kier alpha value is -0.210. The van der Waals surface area contributed by atoms with Crippen molar-refractivity contribution in [3.05, 3.63) is 0 Å². The standard InChI is InChI=1S/C7H13F3/c1-4-5-7(9,10)6(2,3)8/h4-5H2,1-3H3. The maximum atomic E-state index is 12.6. The lowest BCUT2D eigenvalue weighted by molar-refractivity contribution is -0.125. The molecule has 0 unspecified atom stereocenters. The Balaban J connectivity index is 4.10. The maximum absolute atomic E-state index is 12.6. The predicted octanol–water partition coefficient (Wildman–Crippen LogP) is 3.17. The molecule has 0 saturated heterocycles. The average molecular weight is 154 g/mol. The first-order valence-corrected chi connectivity index (χ1v) is 3.38. The summed E-state index contributed by atoms with van der Waals surface area (Å²) in [5.41, 5.74) is -2.39. The van der Waals surface area contributed by atoms with Crippen molar-refractivity contribution in [3.8, 4) is 0 Å². The third kappa shape index (κ3) is 2.20. The van der Waals surface area contributed by atoms with Crippen LogP contribution in [0.2, 0.25) is 0 Å². The molecule has 62 valence electrons. The van der Waals surface area contributed by atoms with Gasteiger partial charge in [0.15, 0.2) is 5.67 Å². The summed E-state index contributed by atoms with van der Waals surface area (Å²) < 4.78 is 37.7. The van der Waals surface area contributed by atoms with Gasteiger partial charge in [-0.3, -0.25) is 0 Å². The summed E-state index contributed by atoms with van der Waals surface area (Å²) in [4.78, 5) is 0. The normalized spacial score (nSPS) is 13.8. The number of alkyl halides is 3. The van der Waals surface area contributed by atoms with E-state index < -0.39 is 11.6 Å². The predicted molar refractivity (Wildman–Crippen MR) is 35.0 cm³/mol. The summed E-state index contributed by atoms with van der Waals surface area (Å²) in [6.07, 6.45) is -0.0726. The van der Waals surface area contributed by atoms with Crippen molar-refractivity contribution < 1.29 is 13.2 Å². The second kappa shape index (κ2) is 2.81. The minimum atomic E-state index is -3.18. The van der Waals surface area contributed by atoms with Crippen LogP contribution in [0.4, 0.5) is 13.2 Å². The Bertz CT molecular complexity index is 102. The van der Waals surface area contributed by atoms with Crippen molar-refractivity contribution in [2.75, 3.05) is 0 Å². The molecule has 0 aromatic heterocycles. The smallest absolute Gasteiger partial charge is 0.238 e. The lowest BCUT2D eigenvalue weighted by atomic mass is 9.99. The van der Waals surface area contributed by atoms with E-state index in [4.69, 9.17) is 0 Å². The molecule has 0 aliphatic carbocycles. The van der Waals surface area contributed by atoms with Crippen LogP contribution in [0.1, 0.15) is 33.6 Å². The van der Waals surface area contributed by atoms with Gasteiger partial charge >= 0.3 is 0 Å². The first kappa shape index (κ1) is 9.79. The molecule has 0 rings (SSSR count). The first-order chi connectivity index (χ1) is 4.31. The van der Waals surface area contributed by atoms with Gasteiger partial charge in [0.1, 0.15) is 0 Å². The number of rotatable bonds is 3. The number of halogens is 3. The Labute approximate surface area is 59.4 Å². The molecule has 0 atom stereocenters. The third-order valence-electron chi connectivity index (χ3n) is 1.43. The van der Waals surface area contributed by atoms with Gasteiger partial charge in [-0.1, -0.05) is 13.3 Å². The molecule has 0 spiro atoms. The summed E-state index contributed by atoms with van der Waals surface area (Å²) >= 11 is 0. The lowest BCUT2D eigenvalue weighted by Gasteiger charge is -2.25. The third-order valence-corrected chi connectivity index (χ3v) is 1.43. The Morgan fingerprint density at radius 2 is 1.50 bits per heavy atom. The molecule has 10 heavy (non-hydrogen) atoms. The first-order valence-electron chi connectivity index (χ1n) is 3.38. The summed E-state index contributed by atoms with van der Waals surface area (Å²) in [5, 5.41) is 0. The van der Waals surface area contributed by atoms with Gasteiger partial charge in [-0.15, -0.1) is 0 Å². The van der Waals surface area contributed by atoms with Gasteiger partial charge in [0, 0.05) is 6.42 Å². The van der Waals surface area contributed by atoms with Crippen LogP contribution >= 0.6 is 0 Å². The Morgan fingerprint density at radius 1 is 1.10 bits per heavy atom. The van der Waals surface area contributed by atoms with Crippen molar-refractivity contribution in [2.24, 2.45) is 0 Å². The van der Waals surface area contributed by atoms with E-state index in [2.05, 4.69) is 0 Å². The summed E-state index contributed by atoms with van der Waals surface area (Å²) in [5.74, 6) is -3.18. The highest BCUT2D eigenvalue weighted by atomic mass is 19.3. The average Bonchev–Trinajstić information content (AvgIpc) is 1.61. The highest BCUT2D eigenvalue weighted by molar-refractivity contribution is 4.84. The van der Waals surface area contributed by atoms with Crippen molar-refractivity contribution in [3.63, 3.8) is 0 Å². The Morgan fingerprint density at radius 3 is 1.60 bits per heavy atom. The van der Waals surface area contributed by atoms with Gasteiger partial charge in [0.2, 0.25) is 0 Å². The van der Waals surface area contributed by atoms with Gasteiger partial charge < -0.3 is 0 Å². The zero-order valence-corrected chi connectivity index (χ0v) is 6.55. The summed E-state index contributed by atoms with van der Waals surface area (Å²) in [6.45, 7) is 3.42. The van der Waals surface area contributed by atoms with E-state index in [-0.39, 0.29) is 6.42 Å². The highest BCUT2D eigenvalue weighted by Gasteiger charge is 2.45. The van der Waals surface area contributed by atoms with Gasteiger partial charge in [-0.25, -0.2) is 13.2 Å². The van der Waals surface area contributed by atoms with Crippen LogP contribution in [0.25, 0.3) is 0 Å². The fraction of sp³-hybridized carbons (Fsp3) is 1.00. The molecule has 0 aliphatic heterocycles. The van der Waals surface area contributed by atoms with Gasteiger partial charge in [0.05, 0.1) is 0 Å². The molecule has 0 fully saturated rings. The second-order valence-corrected chi connectivity index (χ2v) is 2.93. The second-order valence-electron chi connectivity index (χ2n) is 2.93. The number of hydrogen-bond donors (Lipinski definition) is 0. The van der Waals surface area contributed by atoms with Gasteiger partial charge in [0.25, 0.3) is 5.92 Å². The summed E-state index contributed by atoms with van der Waals surface area (Å²) in [7, 11) is 0. The van der Waals surface area contributed by atoms with Crippen LogP contribution in [0.15, 0.2) is 0 Å². The zero-order chi connectivity index (χ0) is 8.41. The fourth-order valence-electron chi connectivity index (χ4n) is 0.611. The van der Waals surface area contributed by atoms with Crippen LogP contribution in [0, 0.1) is 0 Å². The molecule has 0 bridgehead atoms. The lowest BCUT2D eigenvalue weighted by Crippen LogP contribution is -2.38. The topological polar surface area (TPSA) is 0 Å². The molecule has 0 aliphatic rings. The van der Waals surface area contributed by atoms with Crippen molar-refractivity contribution in [1.82, 2.24) is 0 Å². The summed E-state index contributed by atoms with van der Waals surface area (Å²) in [6, 6.07) is 0. The van der Waals surface area contributed by atoms with Crippen molar-refractivity contribution in [1.29, 1.82) is 0 Å². The van der Waals surface area contributed by atoms with Crippen molar-refractivity contribution >= 4 is 0 Å². The van der Waals surface area contributed by atoms with E-state index in [9.17, 15) is 13.2 Å². The molecule has 0 N–H and O–H groups in total. The molecule has 3 heteroatoms. The van der Waals surface area contributed by atoms with Crippen LogP contribution in [0.5, 0.6) is 0 Å². The highest BCUT2D eigenvalue weighted by Crippen LogP contribution is 2.35. The van der Waals surface area contributed by atoms with Crippen LogP contribution in [-0.2, 0) is 0 Å². The van der Waals surface area contributed by atoms with E-state index in [0.717, 1.165) is 13.8 Å². The van der Waals surface area contributed by atoms with Crippen LogP contribution < -0.4 is 0 Å². The van der Waals surface area contributed by atoms with Gasteiger partial charge in [-0.2, -0.15) is 0 Å². The molecule has 0 nitrogen and oxygen atoms in total. The zero-order valence-electron chi connectivity index (χ0n) is 6.55. The van der Waals surface area contributed by atoms with Crippen LogP contribution in [-0.4, -0.2) is 11.6 Å². The van der Waals surface area contributed by atoms with Crippen LogP contribution in [0.3, 0.4) is 0 Å². The Kier molecular flexibility index (Phi) is 2.75. The minimum absolute atomic E-state index is 0.306. The molecule has 0 heterocycles. The van der Waals surface area contributed by atoms with Gasteiger partial charge in [-0.05, 0) is 13.8 Å². The molecular weight excluding hydrogens is 141 g/mol. The molecule has 0 saturated carbocycles. The SMILES string of the molecule is CCCC(F)(F)C(C)(C)F. The molecule has 0 radical (unpaired) electrons. The molecule has 0 amide bonds.